The molecule has 3 rings (SSSR count). The van der Waals surface area contributed by atoms with Gasteiger partial charge < -0.3 is 14.0 Å². The molecule has 0 bridgehead atoms. The molecule has 5 heteroatoms. The van der Waals surface area contributed by atoms with Gasteiger partial charge in [0.05, 0.1) is 5.56 Å². The van der Waals surface area contributed by atoms with E-state index in [9.17, 15) is 9.18 Å². The topological polar surface area (TPSA) is 40.5 Å². The van der Waals surface area contributed by atoms with Crippen LogP contribution in [0.3, 0.4) is 0 Å². The lowest BCUT2D eigenvalue weighted by Gasteiger charge is -2.07. The maximum atomic E-state index is 13.4. The van der Waals surface area contributed by atoms with E-state index >= 15 is 0 Å². The highest BCUT2D eigenvalue weighted by Crippen LogP contribution is 2.21. The van der Waals surface area contributed by atoms with Gasteiger partial charge in [-0.3, -0.25) is 0 Å². The first kappa shape index (κ1) is 15.1. The van der Waals surface area contributed by atoms with Crippen LogP contribution in [0.2, 0.25) is 0 Å². The molecule has 0 N–H and O–H groups in total. The molecule has 0 atom stereocenters. The van der Waals surface area contributed by atoms with Crippen LogP contribution in [0.1, 0.15) is 10.4 Å². The fourth-order valence-corrected chi connectivity index (χ4v) is 2.43. The van der Waals surface area contributed by atoms with Crippen molar-refractivity contribution in [3.8, 4) is 5.75 Å². The number of carbonyl (C=O) groups excluding carboxylic acids is 1. The summed E-state index contributed by atoms with van der Waals surface area (Å²) in [6.45, 7) is 0.147. The zero-order chi connectivity index (χ0) is 16.2. The van der Waals surface area contributed by atoms with E-state index in [2.05, 4.69) is 0 Å². The summed E-state index contributed by atoms with van der Waals surface area (Å²) in [7, 11) is 1.88. The summed E-state index contributed by atoms with van der Waals surface area (Å²) in [6.07, 6.45) is 1.74. The standard InChI is InChI=1S/C18H16FNO3/c1-20-12-14(13-6-2-4-8-16(13)20)18(21)23-11-10-22-17-9-5-3-7-15(17)19/h2-9,12H,10-11H2,1H3. The minimum absolute atomic E-state index is 0.0520. The molecule has 0 radical (unpaired) electrons. The van der Waals surface area contributed by atoms with Crippen molar-refractivity contribution in [1.82, 2.24) is 4.57 Å². The van der Waals surface area contributed by atoms with E-state index in [-0.39, 0.29) is 19.0 Å². The first-order chi connectivity index (χ1) is 11.2. The smallest absolute Gasteiger partial charge is 0.340 e. The number of esters is 1. The summed E-state index contributed by atoms with van der Waals surface area (Å²) in [5.41, 5.74) is 1.47. The Morgan fingerprint density at radius 2 is 1.83 bits per heavy atom. The molecule has 0 aliphatic rings. The lowest BCUT2D eigenvalue weighted by Crippen LogP contribution is -2.12. The largest absolute Gasteiger partial charge is 0.487 e. The molecule has 4 nitrogen and oxygen atoms in total. The van der Waals surface area contributed by atoms with Crippen LogP contribution < -0.4 is 4.74 Å². The molecule has 23 heavy (non-hydrogen) atoms. The highest BCUT2D eigenvalue weighted by Gasteiger charge is 2.14. The number of halogens is 1. The number of rotatable bonds is 5. The molecule has 0 fully saturated rings. The summed E-state index contributed by atoms with van der Waals surface area (Å²) in [6, 6.07) is 13.7. The molecule has 1 aromatic heterocycles. The van der Waals surface area contributed by atoms with Crippen LogP contribution in [0.4, 0.5) is 4.39 Å². The zero-order valence-corrected chi connectivity index (χ0v) is 12.7. The fraction of sp³-hybridized carbons (Fsp3) is 0.167. The third-order valence-electron chi connectivity index (χ3n) is 3.53. The van der Waals surface area contributed by atoms with Gasteiger partial charge in [-0.15, -0.1) is 0 Å². The highest BCUT2D eigenvalue weighted by molar-refractivity contribution is 6.04. The van der Waals surface area contributed by atoms with Crippen LogP contribution in [0, 0.1) is 5.82 Å². The Balaban J connectivity index is 1.60. The van der Waals surface area contributed by atoms with E-state index in [0.717, 1.165) is 10.9 Å². The SMILES string of the molecule is Cn1cc(C(=O)OCCOc2ccccc2F)c2ccccc21. The number of para-hydroxylation sites is 2. The fourth-order valence-electron chi connectivity index (χ4n) is 2.43. The molecular formula is C18H16FNO3. The Kier molecular flexibility index (Phi) is 4.28. The van der Waals surface area contributed by atoms with Gasteiger partial charge in [-0.25, -0.2) is 9.18 Å². The number of carbonyl (C=O) groups is 1. The Bertz CT molecular complexity index is 841. The third-order valence-corrected chi connectivity index (χ3v) is 3.53. The van der Waals surface area contributed by atoms with E-state index in [4.69, 9.17) is 9.47 Å². The molecule has 118 valence electrons. The minimum atomic E-state index is -0.437. The van der Waals surface area contributed by atoms with Crippen LogP contribution in [-0.4, -0.2) is 23.8 Å². The number of nitrogens with zero attached hydrogens (tertiary/aromatic N) is 1. The summed E-state index contributed by atoms with van der Waals surface area (Å²) in [5.74, 6) is -0.708. The number of ether oxygens (including phenoxy) is 2. The number of hydrogen-bond donors (Lipinski definition) is 0. The first-order valence-electron chi connectivity index (χ1n) is 7.25. The van der Waals surface area contributed by atoms with Crippen molar-refractivity contribution in [2.75, 3.05) is 13.2 Å². The van der Waals surface area contributed by atoms with E-state index < -0.39 is 11.8 Å². The van der Waals surface area contributed by atoms with E-state index in [1.165, 1.54) is 12.1 Å². The van der Waals surface area contributed by atoms with Crippen molar-refractivity contribution in [2.45, 2.75) is 0 Å². The first-order valence-corrected chi connectivity index (χ1v) is 7.25. The summed E-state index contributed by atoms with van der Waals surface area (Å²) in [4.78, 5) is 12.2. The van der Waals surface area contributed by atoms with Gasteiger partial charge in [-0.05, 0) is 18.2 Å². The van der Waals surface area contributed by atoms with Crippen LogP contribution in [0.25, 0.3) is 10.9 Å². The van der Waals surface area contributed by atoms with E-state index in [0.29, 0.717) is 5.56 Å². The van der Waals surface area contributed by atoms with Crippen molar-refractivity contribution < 1.29 is 18.7 Å². The molecule has 0 amide bonds. The van der Waals surface area contributed by atoms with Crippen LogP contribution in [0.5, 0.6) is 5.75 Å². The number of hydrogen-bond acceptors (Lipinski definition) is 3. The molecule has 3 aromatic rings. The number of aryl methyl sites for hydroxylation is 1. The van der Waals surface area contributed by atoms with Crippen LogP contribution in [-0.2, 0) is 11.8 Å². The molecule has 0 aliphatic heterocycles. The Hall–Kier alpha value is -2.82. The second-order valence-electron chi connectivity index (χ2n) is 5.09. The lowest BCUT2D eigenvalue weighted by molar-refractivity contribution is 0.0450. The van der Waals surface area contributed by atoms with Gasteiger partial charge in [0.15, 0.2) is 11.6 Å². The van der Waals surface area contributed by atoms with Gasteiger partial charge in [0, 0.05) is 24.1 Å². The van der Waals surface area contributed by atoms with Gasteiger partial charge in [-0.2, -0.15) is 0 Å². The lowest BCUT2D eigenvalue weighted by atomic mass is 10.2. The molecule has 0 saturated carbocycles. The molecule has 2 aromatic carbocycles. The van der Waals surface area contributed by atoms with Crippen molar-refractivity contribution in [2.24, 2.45) is 7.05 Å². The normalized spacial score (nSPS) is 10.7. The van der Waals surface area contributed by atoms with E-state index in [1.807, 2.05) is 35.9 Å². The second-order valence-corrected chi connectivity index (χ2v) is 5.09. The average molecular weight is 313 g/mol. The van der Waals surface area contributed by atoms with Gasteiger partial charge in [0.1, 0.15) is 13.2 Å². The molecular weight excluding hydrogens is 297 g/mol. The Morgan fingerprint density at radius 1 is 1.09 bits per heavy atom. The summed E-state index contributed by atoms with van der Waals surface area (Å²) < 4.78 is 25.7. The van der Waals surface area contributed by atoms with Crippen molar-refractivity contribution in [3.63, 3.8) is 0 Å². The predicted molar refractivity (Wildman–Crippen MR) is 85.1 cm³/mol. The van der Waals surface area contributed by atoms with Crippen molar-refractivity contribution >= 4 is 16.9 Å². The molecule has 1 heterocycles. The van der Waals surface area contributed by atoms with Crippen LogP contribution in [0.15, 0.2) is 54.7 Å². The molecule has 0 spiro atoms. The summed E-state index contributed by atoms with van der Waals surface area (Å²) in [5, 5.41) is 0.843. The van der Waals surface area contributed by atoms with Crippen molar-refractivity contribution in [3.05, 3.63) is 66.1 Å². The van der Waals surface area contributed by atoms with Gasteiger partial charge in [0.2, 0.25) is 0 Å². The number of aromatic nitrogens is 1. The van der Waals surface area contributed by atoms with E-state index in [1.54, 1.807) is 18.3 Å². The second kappa shape index (κ2) is 6.52. The minimum Gasteiger partial charge on any atom is -0.487 e. The molecule has 0 saturated heterocycles. The zero-order valence-electron chi connectivity index (χ0n) is 12.7. The average Bonchev–Trinajstić information content (AvgIpc) is 2.90. The third kappa shape index (κ3) is 3.18. The van der Waals surface area contributed by atoms with Crippen LogP contribution >= 0.6 is 0 Å². The Morgan fingerprint density at radius 3 is 2.65 bits per heavy atom. The summed E-state index contributed by atoms with van der Waals surface area (Å²) >= 11 is 0. The van der Waals surface area contributed by atoms with Gasteiger partial charge in [-0.1, -0.05) is 30.3 Å². The van der Waals surface area contributed by atoms with Gasteiger partial charge >= 0.3 is 5.97 Å². The molecule has 0 unspecified atom stereocenters. The quantitative estimate of drug-likeness (QED) is 0.534. The van der Waals surface area contributed by atoms with Crippen molar-refractivity contribution in [1.29, 1.82) is 0 Å². The monoisotopic (exact) mass is 313 g/mol. The number of fused-ring (bicyclic) bond motifs is 1. The maximum Gasteiger partial charge on any atom is 0.340 e. The Labute approximate surface area is 133 Å². The predicted octanol–water partition coefficient (Wildman–Crippen LogP) is 3.55. The van der Waals surface area contributed by atoms with Gasteiger partial charge in [0.25, 0.3) is 0 Å². The molecule has 0 aliphatic carbocycles. The number of benzene rings is 2. The highest BCUT2D eigenvalue weighted by atomic mass is 19.1. The maximum absolute atomic E-state index is 13.4.